The Labute approximate surface area is 124 Å². The highest BCUT2D eigenvalue weighted by Gasteiger charge is 2.31. The Bertz CT molecular complexity index is 623. The van der Waals surface area contributed by atoms with Crippen molar-refractivity contribution in [2.45, 2.75) is 37.8 Å². The smallest absolute Gasteiger partial charge is 0.352 e. The van der Waals surface area contributed by atoms with Gasteiger partial charge in [0.15, 0.2) is 0 Å². The number of aromatic carboxylic acids is 1. The molecule has 118 valence electrons. The number of morpholine rings is 1. The molecule has 1 atom stereocenters. The van der Waals surface area contributed by atoms with Crippen LogP contribution >= 0.6 is 0 Å². The second-order valence-electron chi connectivity index (χ2n) is 5.10. The number of aryl methyl sites for hydroxylation is 1. The highest BCUT2D eigenvalue weighted by molar-refractivity contribution is 7.89. The molecule has 1 aliphatic rings. The van der Waals surface area contributed by atoms with Gasteiger partial charge in [0.05, 0.1) is 12.7 Å². The van der Waals surface area contributed by atoms with Crippen molar-refractivity contribution in [1.82, 2.24) is 8.87 Å². The summed E-state index contributed by atoms with van der Waals surface area (Å²) in [5.74, 6) is -1.12. The van der Waals surface area contributed by atoms with Gasteiger partial charge in [0, 0.05) is 25.8 Å². The molecule has 2 heterocycles. The number of hydrogen-bond donors (Lipinski definition) is 1. The van der Waals surface area contributed by atoms with Gasteiger partial charge < -0.3 is 14.4 Å². The van der Waals surface area contributed by atoms with Gasteiger partial charge in [0.2, 0.25) is 10.0 Å². The van der Waals surface area contributed by atoms with Gasteiger partial charge in [-0.25, -0.2) is 13.2 Å². The highest BCUT2D eigenvalue weighted by Crippen LogP contribution is 2.21. The van der Waals surface area contributed by atoms with E-state index in [0.29, 0.717) is 13.2 Å². The van der Waals surface area contributed by atoms with E-state index in [1.807, 2.05) is 13.8 Å². The van der Waals surface area contributed by atoms with E-state index in [1.165, 1.54) is 21.1 Å². The lowest BCUT2D eigenvalue weighted by atomic mass is 10.3. The largest absolute Gasteiger partial charge is 0.477 e. The van der Waals surface area contributed by atoms with Crippen LogP contribution in [0.3, 0.4) is 0 Å². The minimum Gasteiger partial charge on any atom is -0.477 e. The summed E-state index contributed by atoms with van der Waals surface area (Å²) in [6, 6.07) is 1.23. The first-order chi connectivity index (χ1) is 9.86. The molecule has 2 rings (SSSR count). The maximum atomic E-state index is 12.6. The Hall–Kier alpha value is -1.38. The first kappa shape index (κ1) is 16.0. The van der Waals surface area contributed by atoms with Crippen LogP contribution in [0.25, 0.3) is 0 Å². The SMILES string of the molecule is CCCn1cc(S(=O)(=O)N2CCOC(C)C2)cc1C(=O)O. The molecule has 1 aromatic rings. The third-order valence-electron chi connectivity index (χ3n) is 3.40. The fraction of sp³-hybridized carbons (Fsp3) is 0.615. The van der Waals surface area contributed by atoms with E-state index in [2.05, 4.69) is 0 Å². The van der Waals surface area contributed by atoms with Crippen molar-refractivity contribution in [1.29, 1.82) is 0 Å². The first-order valence-electron chi connectivity index (χ1n) is 6.91. The van der Waals surface area contributed by atoms with Crippen molar-refractivity contribution in [2.75, 3.05) is 19.7 Å². The van der Waals surface area contributed by atoms with Gasteiger partial charge in [-0.3, -0.25) is 0 Å². The Morgan fingerprint density at radius 3 is 2.81 bits per heavy atom. The number of hydrogen-bond acceptors (Lipinski definition) is 4. The zero-order valence-electron chi connectivity index (χ0n) is 12.2. The Kier molecular flexibility index (Phi) is 4.70. The molecule has 1 aliphatic heterocycles. The van der Waals surface area contributed by atoms with Gasteiger partial charge in [-0.2, -0.15) is 4.31 Å². The predicted molar refractivity (Wildman–Crippen MR) is 75.9 cm³/mol. The molecular formula is C13H20N2O5S. The van der Waals surface area contributed by atoms with Crippen LogP contribution < -0.4 is 0 Å². The van der Waals surface area contributed by atoms with Gasteiger partial charge in [-0.05, 0) is 19.4 Å². The number of rotatable bonds is 5. The molecule has 0 amide bonds. The van der Waals surface area contributed by atoms with E-state index < -0.39 is 16.0 Å². The van der Waals surface area contributed by atoms with Gasteiger partial charge in [-0.1, -0.05) is 6.92 Å². The Morgan fingerprint density at radius 1 is 1.52 bits per heavy atom. The standard InChI is InChI=1S/C13H20N2O5S/c1-3-4-14-9-11(7-12(14)13(16)17)21(18,19)15-5-6-20-10(2)8-15/h7,9-10H,3-6,8H2,1-2H3,(H,16,17). The van der Waals surface area contributed by atoms with Gasteiger partial charge >= 0.3 is 5.97 Å². The topological polar surface area (TPSA) is 88.8 Å². The number of nitrogens with zero attached hydrogens (tertiary/aromatic N) is 2. The monoisotopic (exact) mass is 316 g/mol. The molecule has 21 heavy (non-hydrogen) atoms. The molecule has 1 unspecified atom stereocenters. The summed E-state index contributed by atoms with van der Waals surface area (Å²) in [6.45, 7) is 5.10. The summed E-state index contributed by atoms with van der Waals surface area (Å²) in [7, 11) is -3.68. The van der Waals surface area contributed by atoms with Crippen LogP contribution in [0.2, 0.25) is 0 Å². The molecule has 8 heteroatoms. The molecule has 7 nitrogen and oxygen atoms in total. The molecule has 0 aromatic carbocycles. The van der Waals surface area contributed by atoms with Crippen LogP contribution in [-0.2, 0) is 21.3 Å². The number of ether oxygens (including phenoxy) is 1. The number of carbonyl (C=O) groups is 1. The predicted octanol–water partition coefficient (Wildman–Crippen LogP) is 1.01. The lowest BCUT2D eigenvalue weighted by molar-refractivity contribution is 0.0102. The van der Waals surface area contributed by atoms with Gasteiger partial charge in [-0.15, -0.1) is 0 Å². The Balaban J connectivity index is 2.35. The molecule has 0 saturated carbocycles. The third kappa shape index (κ3) is 3.28. The van der Waals surface area contributed by atoms with Crippen molar-refractivity contribution in [3.63, 3.8) is 0 Å². The summed E-state index contributed by atoms with van der Waals surface area (Å²) < 4.78 is 33.3. The second-order valence-corrected chi connectivity index (χ2v) is 7.04. The first-order valence-corrected chi connectivity index (χ1v) is 8.35. The van der Waals surface area contributed by atoms with Crippen molar-refractivity contribution in [2.24, 2.45) is 0 Å². The third-order valence-corrected chi connectivity index (χ3v) is 5.23. The maximum Gasteiger partial charge on any atom is 0.352 e. The maximum absolute atomic E-state index is 12.6. The summed E-state index contributed by atoms with van der Waals surface area (Å²) in [5, 5.41) is 9.17. The minimum atomic E-state index is -3.68. The summed E-state index contributed by atoms with van der Waals surface area (Å²) >= 11 is 0. The molecule has 1 N–H and O–H groups in total. The van der Waals surface area contributed by atoms with E-state index >= 15 is 0 Å². The van der Waals surface area contributed by atoms with E-state index in [0.717, 1.165) is 6.42 Å². The van der Waals surface area contributed by atoms with Crippen LogP contribution in [0, 0.1) is 0 Å². The lowest BCUT2D eigenvalue weighted by Crippen LogP contribution is -2.44. The van der Waals surface area contributed by atoms with Crippen molar-refractivity contribution in [3.05, 3.63) is 18.0 Å². The zero-order chi connectivity index (χ0) is 15.6. The van der Waals surface area contributed by atoms with Gasteiger partial charge in [0.1, 0.15) is 10.6 Å². The van der Waals surface area contributed by atoms with Crippen LogP contribution in [-0.4, -0.2) is 54.2 Å². The summed E-state index contributed by atoms with van der Waals surface area (Å²) in [6.07, 6.45) is 1.97. The van der Waals surface area contributed by atoms with Crippen molar-refractivity contribution >= 4 is 16.0 Å². The number of aromatic nitrogens is 1. The lowest BCUT2D eigenvalue weighted by Gasteiger charge is -2.29. The number of carboxylic acid groups (broad SMARTS) is 1. The van der Waals surface area contributed by atoms with Crippen molar-refractivity contribution in [3.8, 4) is 0 Å². The average Bonchev–Trinajstić information content (AvgIpc) is 2.84. The number of carboxylic acids is 1. The van der Waals surface area contributed by atoms with E-state index in [4.69, 9.17) is 4.74 Å². The summed E-state index contributed by atoms with van der Waals surface area (Å²) in [4.78, 5) is 11.2. The molecule has 0 aliphatic carbocycles. The van der Waals surface area contributed by atoms with Crippen LogP contribution in [0.15, 0.2) is 17.2 Å². The number of sulfonamides is 1. The fourth-order valence-electron chi connectivity index (χ4n) is 2.38. The quantitative estimate of drug-likeness (QED) is 0.875. The van der Waals surface area contributed by atoms with Crippen LogP contribution in [0.4, 0.5) is 0 Å². The van der Waals surface area contributed by atoms with Crippen molar-refractivity contribution < 1.29 is 23.1 Å². The second kappa shape index (κ2) is 6.17. The van der Waals surface area contributed by atoms with E-state index in [1.54, 1.807) is 0 Å². The average molecular weight is 316 g/mol. The summed E-state index contributed by atoms with van der Waals surface area (Å²) in [5.41, 5.74) is -0.00303. The molecule has 1 fully saturated rings. The molecule has 0 bridgehead atoms. The molecular weight excluding hydrogens is 296 g/mol. The van der Waals surface area contributed by atoms with Crippen LogP contribution in [0.5, 0.6) is 0 Å². The molecule has 1 saturated heterocycles. The van der Waals surface area contributed by atoms with E-state index in [-0.39, 0.29) is 29.8 Å². The van der Waals surface area contributed by atoms with E-state index in [9.17, 15) is 18.3 Å². The highest BCUT2D eigenvalue weighted by atomic mass is 32.2. The molecule has 1 aromatic heterocycles. The van der Waals surface area contributed by atoms with Gasteiger partial charge in [0.25, 0.3) is 0 Å². The zero-order valence-corrected chi connectivity index (χ0v) is 13.0. The molecule has 0 radical (unpaired) electrons. The normalized spacial score (nSPS) is 20.6. The molecule has 0 spiro atoms. The minimum absolute atomic E-state index is 0.00303. The van der Waals surface area contributed by atoms with Crippen LogP contribution in [0.1, 0.15) is 30.8 Å². The fourth-order valence-corrected chi connectivity index (χ4v) is 3.92. The Morgan fingerprint density at radius 2 is 2.24 bits per heavy atom.